The zero-order valence-electron chi connectivity index (χ0n) is 13.4. The van der Waals surface area contributed by atoms with Gasteiger partial charge in [-0.3, -0.25) is 4.90 Å². The van der Waals surface area contributed by atoms with Crippen LogP contribution >= 0.6 is 11.3 Å². The second-order valence-corrected chi connectivity index (χ2v) is 7.90. The van der Waals surface area contributed by atoms with Gasteiger partial charge in [0.25, 0.3) is 0 Å². The maximum atomic E-state index is 9.24. The van der Waals surface area contributed by atoms with Gasteiger partial charge in [-0.15, -0.1) is 11.3 Å². The van der Waals surface area contributed by atoms with Crippen LogP contribution in [-0.2, 0) is 19.4 Å². The predicted octanol–water partition coefficient (Wildman–Crippen LogP) is 2.36. The zero-order chi connectivity index (χ0) is 15.8. The number of hydrogen-bond acceptors (Lipinski definition) is 6. The summed E-state index contributed by atoms with van der Waals surface area (Å²) in [4.78, 5) is 14.3. The number of anilines is 1. The Morgan fingerprint density at radius 1 is 1.17 bits per heavy atom. The van der Waals surface area contributed by atoms with E-state index in [1.54, 1.807) is 0 Å². The van der Waals surface area contributed by atoms with Gasteiger partial charge in [0.05, 0.1) is 11.9 Å². The van der Waals surface area contributed by atoms with E-state index in [4.69, 9.17) is 10.7 Å². The molecule has 0 atom stereocenters. The highest BCUT2D eigenvalue weighted by molar-refractivity contribution is 7.19. The number of thiophene rings is 1. The number of aliphatic hydroxyl groups excluding tert-OH is 1. The highest BCUT2D eigenvalue weighted by Crippen LogP contribution is 2.37. The third kappa shape index (κ3) is 2.95. The molecule has 2 aliphatic rings. The van der Waals surface area contributed by atoms with Crippen molar-refractivity contribution in [1.29, 1.82) is 0 Å². The van der Waals surface area contributed by atoms with Crippen LogP contribution in [0.15, 0.2) is 0 Å². The number of likely N-dealkylation sites (tertiary alicyclic amines) is 1. The summed E-state index contributed by atoms with van der Waals surface area (Å²) in [5.41, 5.74) is 7.68. The number of aryl methyl sites for hydroxylation is 2. The Balaban J connectivity index is 1.57. The molecule has 124 valence electrons. The van der Waals surface area contributed by atoms with E-state index in [-0.39, 0.29) is 0 Å². The molecule has 3 heterocycles. The van der Waals surface area contributed by atoms with E-state index in [1.165, 1.54) is 29.7 Å². The Kier molecular flexibility index (Phi) is 4.22. The van der Waals surface area contributed by atoms with Crippen LogP contribution in [0.2, 0.25) is 0 Å². The first-order chi connectivity index (χ1) is 11.2. The molecular formula is C17H24N4OS. The largest absolute Gasteiger partial charge is 0.396 e. The SMILES string of the molecule is Nc1nc(CN2CCC(CO)CC2)nc2sc3c(c12)CCCC3. The van der Waals surface area contributed by atoms with Crippen molar-refractivity contribution in [3.8, 4) is 0 Å². The summed E-state index contributed by atoms with van der Waals surface area (Å²) in [5, 5.41) is 10.4. The minimum absolute atomic E-state index is 0.310. The van der Waals surface area contributed by atoms with Crippen molar-refractivity contribution in [3.05, 3.63) is 16.3 Å². The molecule has 1 aliphatic carbocycles. The molecule has 3 N–H and O–H groups in total. The standard InChI is InChI=1S/C17H24N4OS/c18-16-15-12-3-1-2-4-13(12)23-17(15)20-14(19-16)9-21-7-5-11(10-22)6-8-21/h11,22H,1-10H2,(H2,18,19,20). The molecular weight excluding hydrogens is 308 g/mol. The molecule has 0 spiro atoms. The minimum atomic E-state index is 0.310. The second kappa shape index (κ2) is 6.34. The average molecular weight is 332 g/mol. The van der Waals surface area contributed by atoms with Gasteiger partial charge in [0.1, 0.15) is 16.5 Å². The fraction of sp³-hybridized carbons (Fsp3) is 0.647. The van der Waals surface area contributed by atoms with E-state index in [0.29, 0.717) is 18.3 Å². The number of nitrogens with zero attached hydrogens (tertiary/aromatic N) is 3. The van der Waals surface area contributed by atoms with Gasteiger partial charge in [-0.2, -0.15) is 0 Å². The molecule has 4 rings (SSSR count). The molecule has 0 radical (unpaired) electrons. The number of aromatic nitrogens is 2. The van der Waals surface area contributed by atoms with E-state index >= 15 is 0 Å². The van der Waals surface area contributed by atoms with Crippen LogP contribution in [0, 0.1) is 5.92 Å². The van der Waals surface area contributed by atoms with Crippen LogP contribution in [0.1, 0.15) is 41.9 Å². The zero-order valence-corrected chi connectivity index (χ0v) is 14.2. The summed E-state index contributed by atoms with van der Waals surface area (Å²) in [6.45, 7) is 3.09. The van der Waals surface area contributed by atoms with E-state index in [2.05, 4.69) is 9.88 Å². The van der Waals surface area contributed by atoms with Gasteiger partial charge < -0.3 is 10.8 Å². The fourth-order valence-electron chi connectivity index (χ4n) is 3.83. The van der Waals surface area contributed by atoms with Gasteiger partial charge >= 0.3 is 0 Å². The van der Waals surface area contributed by atoms with Crippen LogP contribution in [-0.4, -0.2) is 39.7 Å². The summed E-state index contributed by atoms with van der Waals surface area (Å²) in [5.74, 6) is 1.97. The van der Waals surface area contributed by atoms with Gasteiger partial charge in [-0.25, -0.2) is 9.97 Å². The monoisotopic (exact) mass is 332 g/mol. The predicted molar refractivity (Wildman–Crippen MR) is 93.6 cm³/mol. The van der Waals surface area contributed by atoms with E-state index < -0.39 is 0 Å². The Hall–Kier alpha value is -1.24. The number of rotatable bonds is 3. The number of piperidine rings is 1. The normalized spacial score (nSPS) is 20.0. The molecule has 23 heavy (non-hydrogen) atoms. The molecule has 1 fully saturated rings. The lowest BCUT2D eigenvalue weighted by molar-refractivity contribution is 0.125. The number of aliphatic hydroxyl groups is 1. The van der Waals surface area contributed by atoms with E-state index in [0.717, 1.165) is 54.9 Å². The van der Waals surface area contributed by atoms with E-state index in [1.807, 2.05) is 11.3 Å². The minimum Gasteiger partial charge on any atom is -0.396 e. The third-order valence-electron chi connectivity index (χ3n) is 5.22. The van der Waals surface area contributed by atoms with E-state index in [9.17, 15) is 5.11 Å². The molecule has 1 saturated heterocycles. The first kappa shape index (κ1) is 15.3. The summed E-state index contributed by atoms with van der Waals surface area (Å²) in [6.07, 6.45) is 6.93. The molecule has 5 nitrogen and oxygen atoms in total. The van der Waals surface area contributed by atoms with Crippen LogP contribution in [0.4, 0.5) is 5.82 Å². The molecule has 0 bridgehead atoms. The summed E-state index contributed by atoms with van der Waals surface area (Å²) in [7, 11) is 0. The number of fused-ring (bicyclic) bond motifs is 3. The molecule has 2 aromatic rings. The lowest BCUT2D eigenvalue weighted by Crippen LogP contribution is -2.34. The van der Waals surface area contributed by atoms with Gasteiger partial charge in [-0.1, -0.05) is 0 Å². The van der Waals surface area contributed by atoms with Crippen LogP contribution < -0.4 is 5.73 Å². The van der Waals surface area contributed by atoms with Gasteiger partial charge in [-0.05, 0) is 63.1 Å². The number of hydrogen-bond donors (Lipinski definition) is 2. The highest BCUT2D eigenvalue weighted by Gasteiger charge is 2.22. The van der Waals surface area contributed by atoms with Crippen molar-refractivity contribution in [3.63, 3.8) is 0 Å². The Morgan fingerprint density at radius 2 is 1.96 bits per heavy atom. The molecule has 6 heteroatoms. The lowest BCUT2D eigenvalue weighted by Gasteiger charge is -2.30. The summed E-state index contributed by atoms with van der Waals surface area (Å²) >= 11 is 1.81. The Labute approximate surface area is 140 Å². The highest BCUT2D eigenvalue weighted by atomic mass is 32.1. The maximum Gasteiger partial charge on any atom is 0.146 e. The first-order valence-electron chi connectivity index (χ1n) is 8.64. The molecule has 2 aromatic heterocycles. The van der Waals surface area contributed by atoms with Gasteiger partial charge in [0.15, 0.2) is 0 Å². The van der Waals surface area contributed by atoms with Crippen LogP contribution in [0.25, 0.3) is 10.2 Å². The average Bonchev–Trinajstić information content (AvgIpc) is 2.94. The second-order valence-electron chi connectivity index (χ2n) is 6.82. The molecule has 0 amide bonds. The van der Waals surface area contributed by atoms with Crippen molar-refractivity contribution in [2.24, 2.45) is 5.92 Å². The summed E-state index contributed by atoms with van der Waals surface area (Å²) < 4.78 is 0. The van der Waals surface area contributed by atoms with Crippen molar-refractivity contribution in [2.45, 2.75) is 45.1 Å². The summed E-state index contributed by atoms with van der Waals surface area (Å²) in [6, 6.07) is 0. The molecule has 1 aliphatic heterocycles. The smallest absolute Gasteiger partial charge is 0.146 e. The maximum absolute atomic E-state index is 9.24. The van der Waals surface area contributed by atoms with Crippen molar-refractivity contribution >= 4 is 27.4 Å². The Morgan fingerprint density at radius 3 is 2.74 bits per heavy atom. The van der Waals surface area contributed by atoms with Crippen molar-refractivity contribution < 1.29 is 5.11 Å². The quantitative estimate of drug-likeness (QED) is 0.902. The van der Waals surface area contributed by atoms with Crippen LogP contribution in [0.5, 0.6) is 0 Å². The fourth-order valence-corrected chi connectivity index (χ4v) is 5.12. The molecule has 0 unspecified atom stereocenters. The Bertz CT molecular complexity index is 706. The molecule has 0 aromatic carbocycles. The topological polar surface area (TPSA) is 75.3 Å². The molecule has 0 saturated carbocycles. The number of nitrogen functional groups attached to an aromatic ring is 1. The van der Waals surface area contributed by atoms with Crippen molar-refractivity contribution in [1.82, 2.24) is 14.9 Å². The first-order valence-corrected chi connectivity index (χ1v) is 9.46. The van der Waals surface area contributed by atoms with Crippen molar-refractivity contribution in [2.75, 3.05) is 25.4 Å². The van der Waals surface area contributed by atoms with Crippen LogP contribution in [0.3, 0.4) is 0 Å². The van der Waals surface area contributed by atoms with Gasteiger partial charge in [0.2, 0.25) is 0 Å². The van der Waals surface area contributed by atoms with Gasteiger partial charge in [0, 0.05) is 11.5 Å². The lowest BCUT2D eigenvalue weighted by atomic mass is 9.97. The third-order valence-corrected chi connectivity index (χ3v) is 6.41. The number of nitrogens with two attached hydrogens (primary N) is 1.